The summed E-state index contributed by atoms with van der Waals surface area (Å²) in [4.78, 5) is 11.4. The molecule has 1 aliphatic carbocycles. The molecule has 2 heterocycles. The third kappa shape index (κ3) is 2.16. The monoisotopic (exact) mass is 246 g/mol. The van der Waals surface area contributed by atoms with Gasteiger partial charge in [0.2, 0.25) is 0 Å². The molecule has 0 unspecified atom stereocenters. The second kappa shape index (κ2) is 4.09. The molecular weight excluding hydrogens is 232 g/mol. The van der Waals surface area contributed by atoms with Crippen molar-refractivity contribution < 1.29 is 0 Å². The van der Waals surface area contributed by atoms with Crippen LogP contribution in [0.5, 0.6) is 0 Å². The van der Waals surface area contributed by atoms with Gasteiger partial charge in [-0.1, -0.05) is 0 Å². The third-order valence-corrected chi connectivity index (χ3v) is 3.85. The maximum absolute atomic E-state index is 5.45. The summed E-state index contributed by atoms with van der Waals surface area (Å²) in [7, 11) is 0. The van der Waals surface area contributed by atoms with Crippen LogP contribution in [-0.4, -0.2) is 9.97 Å². The number of nitrogens with two attached hydrogens (primary N) is 1. The summed E-state index contributed by atoms with van der Waals surface area (Å²) in [6.45, 7) is 2.08. The van der Waals surface area contributed by atoms with Gasteiger partial charge in [-0.05, 0) is 31.9 Å². The number of nitrogens with one attached hydrogen (secondary N) is 1. The van der Waals surface area contributed by atoms with Gasteiger partial charge in [0.1, 0.15) is 5.82 Å². The van der Waals surface area contributed by atoms with E-state index in [1.54, 1.807) is 11.3 Å². The average molecular weight is 246 g/mol. The molecule has 0 amide bonds. The van der Waals surface area contributed by atoms with Crippen LogP contribution in [0.3, 0.4) is 0 Å². The van der Waals surface area contributed by atoms with Crippen molar-refractivity contribution in [1.82, 2.24) is 9.97 Å². The molecule has 1 aliphatic rings. The third-order valence-electron chi connectivity index (χ3n) is 2.85. The molecule has 5 heteroatoms. The van der Waals surface area contributed by atoms with Crippen molar-refractivity contribution in [3.63, 3.8) is 0 Å². The van der Waals surface area contributed by atoms with Crippen molar-refractivity contribution in [2.24, 2.45) is 5.84 Å². The van der Waals surface area contributed by atoms with E-state index in [4.69, 9.17) is 5.84 Å². The van der Waals surface area contributed by atoms with Crippen LogP contribution < -0.4 is 11.3 Å². The molecule has 1 saturated carbocycles. The van der Waals surface area contributed by atoms with Crippen molar-refractivity contribution in [2.75, 3.05) is 5.43 Å². The number of aromatic nitrogens is 2. The summed E-state index contributed by atoms with van der Waals surface area (Å²) in [6, 6.07) is 6.09. The number of aryl methyl sites for hydroxylation is 1. The molecule has 0 radical (unpaired) electrons. The van der Waals surface area contributed by atoms with Gasteiger partial charge in [0.15, 0.2) is 5.82 Å². The first-order valence-electron chi connectivity index (χ1n) is 5.68. The summed E-state index contributed by atoms with van der Waals surface area (Å²) in [5.41, 5.74) is 3.73. The fourth-order valence-corrected chi connectivity index (χ4v) is 2.59. The summed E-state index contributed by atoms with van der Waals surface area (Å²) in [6.07, 6.45) is 2.45. The first kappa shape index (κ1) is 10.7. The minimum Gasteiger partial charge on any atom is -0.308 e. The van der Waals surface area contributed by atoms with Crippen LogP contribution in [0.4, 0.5) is 5.82 Å². The molecule has 2 aromatic rings. The molecule has 88 valence electrons. The Morgan fingerprint density at radius 1 is 1.35 bits per heavy atom. The van der Waals surface area contributed by atoms with Gasteiger partial charge in [0.25, 0.3) is 0 Å². The number of thiophene rings is 1. The van der Waals surface area contributed by atoms with Crippen LogP contribution in [0.15, 0.2) is 18.2 Å². The molecule has 3 N–H and O–H groups in total. The summed E-state index contributed by atoms with van der Waals surface area (Å²) in [5, 5.41) is 0. The van der Waals surface area contributed by atoms with E-state index >= 15 is 0 Å². The van der Waals surface area contributed by atoms with Crippen molar-refractivity contribution >= 4 is 17.2 Å². The molecule has 0 spiro atoms. The lowest BCUT2D eigenvalue weighted by molar-refractivity contribution is 0.993. The van der Waals surface area contributed by atoms with Gasteiger partial charge in [-0.3, -0.25) is 0 Å². The molecule has 0 saturated heterocycles. The summed E-state index contributed by atoms with van der Waals surface area (Å²) in [5.74, 6) is 7.53. The molecule has 1 fully saturated rings. The summed E-state index contributed by atoms with van der Waals surface area (Å²) < 4.78 is 0. The van der Waals surface area contributed by atoms with Crippen LogP contribution >= 0.6 is 11.3 Å². The molecule has 0 aliphatic heterocycles. The number of anilines is 1. The van der Waals surface area contributed by atoms with Crippen LogP contribution in [0.1, 0.15) is 29.3 Å². The standard InChI is InChI=1S/C12H14N4S/c1-7-2-5-10(17-7)12-14-9(8-3-4-8)6-11(15-12)16-13/h2,5-6,8H,3-4,13H2,1H3,(H,14,15,16). The van der Waals surface area contributed by atoms with Crippen LogP contribution in [0.2, 0.25) is 0 Å². The molecule has 4 nitrogen and oxygen atoms in total. The lowest BCUT2D eigenvalue weighted by Gasteiger charge is -2.05. The van der Waals surface area contributed by atoms with Crippen LogP contribution in [0, 0.1) is 6.92 Å². The Balaban J connectivity index is 2.05. The minimum absolute atomic E-state index is 0.602. The zero-order chi connectivity index (χ0) is 11.8. The highest BCUT2D eigenvalue weighted by Gasteiger charge is 2.26. The van der Waals surface area contributed by atoms with Crippen molar-refractivity contribution in [3.05, 3.63) is 28.8 Å². The van der Waals surface area contributed by atoms with Crippen molar-refractivity contribution in [2.45, 2.75) is 25.7 Å². The predicted octanol–water partition coefficient (Wildman–Crippen LogP) is 2.68. The molecule has 0 atom stereocenters. The topological polar surface area (TPSA) is 63.8 Å². The van der Waals surface area contributed by atoms with Gasteiger partial charge in [0, 0.05) is 22.6 Å². The Morgan fingerprint density at radius 3 is 2.76 bits per heavy atom. The van der Waals surface area contributed by atoms with Gasteiger partial charge in [-0.15, -0.1) is 11.3 Å². The first-order chi connectivity index (χ1) is 8.26. The number of rotatable bonds is 3. The Hall–Kier alpha value is -1.46. The number of hydrogen-bond donors (Lipinski definition) is 2. The van der Waals surface area contributed by atoms with Crippen molar-refractivity contribution in [3.8, 4) is 10.7 Å². The Labute approximate surface area is 104 Å². The zero-order valence-corrected chi connectivity index (χ0v) is 10.4. The Bertz CT molecular complexity index is 545. The SMILES string of the molecule is Cc1ccc(-c2nc(NN)cc(C3CC3)n2)s1. The fraction of sp³-hybridized carbons (Fsp3) is 0.333. The van der Waals surface area contributed by atoms with Crippen molar-refractivity contribution in [1.29, 1.82) is 0 Å². The van der Waals surface area contributed by atoms with Crippen LogP contribution in [0.25, 0.3) is 10.7 Å². The van der Waals surface area contributed by atoms with E-state index in [-0.39, 0.29) is 0 Å². The van der Waals surface area contributed by atoms with Gasteiger partial charge >= 0.3 is 0 Å². The quantitative estimate of drug-likeness (QED) is 0.645. The van der Waals surface area contributed by atoms with Gasteiger partial charge in [-0.2, -0.15) is 0 Å². The normalized spacial score (nSPS) is 14.9. The second-order valence-corrected chi connectivity index (χ2v) is 5.62. The first-order valence-corrected chi connectivity index (χ1v) is 6.50. The van der Waals surface area contributed by atoms with Gasteiger partial charge < -0.3 is 5.43 Å². The summed E-state index contributed by atoms with van der Waals surface area (Å²) >= 11 is 1.71. The lowest BCUT2D eigenvalue weighted by atomic mass is 10.2. The van der Waals surface area contributed by atoms with E-state index in [1.807, 2.05) is 6.07 Å². The lowest BCUT2D eigenvalue weighted by Crippen LogP contribution is -2.10. The maximum Gasteiger partial charge on any atom is 0.171 e. The second-order valence-electron chi connectivity index (χ2n) is 4.33. The molecule has 0 aromatic carbocycles. The number of nitrogen functional groups attached to an aromatic ring is 1. The number of hydrazine groups is 1. The molecule has 17 heavy (non-hydrogen) atoms. The van der Waals surface area contributed by atoms with E-state index in [0.29, 0.717) is 11.7 Å². The number of hydrogen-bond acceptors (Lipinski definition) is 5. The molecule has 3 rings (SSSR count). The Kier molecular flexibility index (Phi) is 2.57. The molecule has 0 bridgehead atoms. The zero-order valence-electron chi connectivity index (χ0n) is 9.60. The average Bonchev–Trinajstić information content (AvgIpc) is 3.11. The maximum atomic E-state index is 5.45. The highest BCUT2D eigenvalue weighted by Crippen LogP contribution is 2.40. The highest BCUT2D eigenvalue weighted by molar-refractivity contribution is 7.15. The van der Waals surface area contributed by atoms with Gasteiger partial charge in [0.05, 0.1) is 4.88 Å². The number of nitrogens with zero attached hydrogens (tertiary/aromatic N) is 2. The molecule has 2 aromatic heterocycles. The molecular formula is C12H14N4S. The smallest absolute Gasteiger partial charge is 0.171 e. The predicted molar refractivity (Wildman–Crippen MR) is 69.9 cm³/mol. The fourth-order valence-electron chi connectivity index (χ4n) is 1.79. The van der Waals surface area contributed by atoms with E-state index in [9.17, 15) is 0 Å². The Morgan fingerprint density at radius 2 is 2.18 bits per heavy atom. The van der Waals surface area contributed by atoms with E-state index in [0.717, 1.165) is 16.4 Å². The van der Waals surface area contributed by atoms with E-state index < -0.39 is 0 Å². The van der Waals surface area contributed by atoms with E-state index in [2.05, 4.69) is 34.5 Å². The highest BCUT2D eigenvalue weighted by atomic mass is 32.1. The van der Waals surface area contributed by atoms with Gasteiger partial charge in [-0.25, -0.2) is 15.8 Å². The minimum atomic E-state index is 0.602. The van der Waals surface area contributed by atoms with Crippen LogP contribution in [-0.2, 0) is 0 Å². The van der Waals surface area contributed by atoms with E-state index in [1.165, 1.54) is 17.7 Å². The largest absolute Gasteiger partial charge is 0.308 e.